The van der Waals surface area contributed by atoms with E-state index < -0.39 is 11.5 Å². The van der Waals surface area contributed by atoms with E-state index in [1.165, 1.54) is 11.1 Å². The van der Waals surface area contributed by atoms with Gasteiger partial charge < -0.3 is 9.84 Å². The summed E-state index contributed by atoms with van der Waals surface area (Å²) in [6.45, 7) is 15.1. The molecule has 4 nitrogen and oxygen atoms in total. The van der Waals surface area contributed by atoms with Crippen molar-refractivity contribution in [1.82, 2.24) is 4.98 Å². The van der Waals surface area contributed by atoms with Gasteiger partial charge in [0.2, 0.25) is 0 Å². The summed E-state index contributed by atoms with van der Waals surface area (Å²) in [5.74, 6) is 0.641. The Kier molecular flexibility index (Phi) is 5.70. The number of hydrogen-bond donors (Lipinski definition) is 1. The molecule has 2 heterocycles. The van der Waals surface area contributed by atoms with Crippen LogP contribution in [0.4, 0.5) is 0 Å². The zero-order valence-corrected chi connectivity index (χ0v) is 22.4. The number of hydrogen-bond acceptors (Lipinski definition) is 4. The first-order chi connectivity index (χ1) is 16.4. The lowest BCUT2D eigenvalue weighted by molar-refractivity contribution is -0.0842. The van der Waals surface area contributed by atoms with Crippen LogP contribution in [0.3, 0.4) is 0 Å². The van der Waals surface area contributed by atoms with Crippen molar-refractivity contribution >= 4 is 0 Å². The van der Waals surface area contributed by atoms with Gasteiger partial charge in [0.05, 0.1) is 23.2 Å². The highest BCUT2D eigenvalue weighted by molar-refractivity contribution is 5.55. The Balaban J connectivity index is 1.75. The molecule has 4 atom stereocenters. The molecule has 5 rings (SSSR count). The number of benzene rings is 1. The summed E-state index contributed by atoms with van der Waals surface area (Å²) in [7, 11) is 0. The predicted octanol–water partition coefficient (Wildman–Crippen LogP) is 7.15. The summed E-state index contributed by atoms with van der Waals surface area (Å²) in [6, 6.07) is 10.8. The van der Waals surface area contributed by atoms with Crippen LogP contribution < -0.4 is 0 Å². The molecule has 0 amide bonds. The van der Waals surface area contributed by atoms with Crippen LogP contribution in [0.1, 0.15) is 131 Å². The second kappa shape index (κ2) is 8.15. The minimum absolute atomic E-state index is 0.0264. The summed E-state index contributed by atoms with van der Waals surface area (Å²) in [5.41, 5.74) is 6.93. The molecule has 4 unspecified atom stereocenters. The Morgan fingerprint density at radius 1 is 1.17 bits per heavy atom. The molecule has 186 valence electrons. The minimum Gasteiger partial charge on any atom is -0.388 e. The van der Waals surface area contributed by atoms with Gasteiger partial charge in [-0.3, -0.25) is 4.98 Å². The summed E-state index contributed by atoms with van der Waals surface area (Å²) in [6.07, 6.45) is 4.18. The molecule has 1 aliphatic heterocycles. The van der Waals surface area contributed by atoms with Crippen LogP contribution in [0.2, 0.25) is 0 Å². The summed E-state index contributed by atoms with van der Waals surface area (Å²) >= 11 is 0. The molecule has 2 aliphatic carbocycles. The van der Waals surface area contributed by atoms with E-state index in [1.807, 2.05) is 13.8 Å². The SMILES string of the molecule is CC(C)c1nc2c(c3c1C(c1ccc(C(C)(C)C#N)cc1)OC31CCCC1C)C(O)CC(C)(C)C2. The van der Waals surface area contributed by atoms with E-state index in [0.29, 0.717) is 5.92 Å². The number of nitrogens with zero attached hydrogens (tertiary/aromatic N) is 2. The molecule has 0 bridgehead atoms. The van der Waals surface area contributed by atoms with E-state index >= 15 is 0 Å². The lowest BCUT2D eigenvalue weighted by Crippen LogP contribution is -2.34. The van der Waals surface area contributed by atoms with Crippen LogP contribution in [-0.2, 0) is 22.2 Å². The van der Waals surface area contributed by atoms with Gasteiger partial charge in [-0.25, -0.2) is 0 Å². The number of aromatic nitrogens is 1. The van der Waals surface area contributed by atoms with Gasteiger partial charge in [0.1, 0.15) is 6.10 Å². The summed E-state index contributed by atoms with van der Waals surface area (Å²) in [4.78, 5) is 5.27. The van der Waals surface area contributed by atoms with Gasteiger partial charge in [-0.2, -0.15) is 5.26 Å². The molecule has 2 aromatic rings. The van der Waals surface area contributed by atoms with Gasteiger partial charge in [0.25, 0.3) is 0 Å². The molecule has 1 N–H and O–H groups in total. The van der Waals surface area contributed by atoms with Crippen LogP contribution in [0, 0.1) is 22.7 Å². The second-order valence-corrected chi connectivity index (χ2v) is 12.9. The number of rotatable bonds is 3. The highest BCUT2D eigenvalue weighted by Crippen LogP contribution is 2.61. The molecule has 3 aliphatic rings. The fourth-order valence-electron chi connectivity index (χ4n) is 6.89. The monoisotopic (exact) mass is 472 g/mol. The van der Waals surface area contributed by atoms with Gasteiger partial charge >= 0.3 is 0 Å². The van der Waals surface area contributed by atoms with Crippen LogP contribution in [0.15, 0.2) is 24.3 Å². The number of pyridine rings is 1. The maximum absolute atomic E-state index is 11.5. The van der Waals surface area contributed by atoms with Crippen molar-refractivity contribution in [3.63, 3.8) is 0 Å². The highest BCUT2D eigenvalue weighted by Gasteiger charge is 2.55. The van der Waals surface area contributed by atoms with Gasteiger partial charge in [0, 0.05) is 22.5 Å². The van der Waals surface area contributed by atoms with Crippen molar-refractivity contribution in [3.8, 4) is 6.07 Å². The number of ether oxygens (including phenoxy) is 1. The van der Waals surface area contributed by atoms with Gasteiger partial charge in [-0.05, 0) is 79.9 Å². The molecule has 1 spiro atoms. The van der Waals surface area contributed by atoms with Crippen LogP contribution in [0.25, 0.3) is 0 Å². The minimum atomic E-state index is -0.533. The zero-order chi connectivity index (χ0) is 25.3. The lowest BCUT2D eigenvalue weighted by atomic mass is 9.69. The van der Waals surface area contributed by atoms with E-state index in [9.17, 15) is 10.4 Å². The maximum Gasteiger partial charge on any atom is 0.111 e. The average Bonchev–Trinajstić information content (AvgIpc) is 3.33. The molecule has 4 heteroatoms. The number of fused-ring (bicyclic) bond motifs is 4. The Bertz CT molecular complexity index is 1190. The summed E-state index contributed by atoms with van der Waals surface area (Å²) in [5, 5.41) is 21.1. The van der Waals surface area contributed by atoms with Gasteiger partial charge in [0.15, 0.2) is 0 Å². The van der Waals surface area contributed by atoms with Crippen molar-refractivity contribution in [2.75, 3.05) is 0 Å². The molecule has 0 radical (unpaired) electrons. The highest BCUT2D eigenvalue weighted by atomic mass is 16.5. The maximum atomic E-state index is 11.5. The molecule has 35 heavy (non-hydrogen) atoms. The fraction of sp³-hybridized carbons (Fsp3) is 0.613. The first kappa shape index (κ1) is 24.5. The quantitative estimate of drug-likeness (QED) is 0.515. The summed E-state index contributed by atoms with van der Waals surface area (Å²) < 4.78 is 7.17. The Morgan fingerprint density at radius 3 is 2.43 bits per heavy atom. The van der Waals surface area contributed by atoms with Crippen molar-refractivity contribution in [3.05, 3.63) is 63.5 Å². The molecule has 1 fully saturated rings. The molecule has 1 aromatic heterocycles. The second-order valence-electron chi connectivity index (χ2n) is 12.9. The third-order valence-corrected chi connectivity index (χ3v) is 8.86. The average molecular weight is 473 g/mol. The fourth-order valence-corrected chi connectivity index (χ4v) is 6.89. The van der Waals surface area contributed by atoms with Crippen LogP contribution >= 0.6 is 0 Å². The Morgan fingerprint density at radius 2 is 1.86 bits per heavy atom. The number of aliphatic hydroxyl groups is 1. The zero-order valence-electron chi connectivity index (χ0n) is 22.4. The van der Waals surface area contributed by atoms with Crippen molar-refractivity contribution in [2.45, 2.75) is 110 Å². The van der Waals surface area contributed by atoms with Gasteiger partial charge in [-0.1, -0.05) is 58.9 Å². The molecule has 1 saturated carbocycles. The van der Waals surface area contributed by atoms with E-state index in [2.05, 4.69) is 65.0 Å². The van der Waals surface area contributed by atoms with E-state index in [0.717, 1.165) is 60.2 Å². The first-order valence-corrected chi connectivity index (χ1v) is 13.3. The first-order valence-electron chi connectivity index (χ1n) is 13.3. The van der Waals surface area contributed by atoms with E-state index in [1.54, 1.807) is 0 Å². The smallest absolute Gasteiger partial charge is 0.111 e. The number of aliphatic hydroxyl groups excluding tert-OH is 1. The third-order valence-electron chi connectivity index (χ3n) is 8.86. The molecule has 0 saturated heterocycles. The predicted molar refractivity (Wildman–Crippen MR) is 138 cm³/mol. The van der Waals surface area contributed by atoms with E-state index in [4.69, 9.17) is 9.72 Å². The van der Waals surface area contributed by atoms with Crippen LogP contribution in [0.5, 0.6) is 0 Å². The molecule has 1 aromatic carbocycles. The van der Waals surface area contributed by atoms with E-state index in [-0.39, 0.29) is 23.0 Å². The lowest BCUT2D eigenvalue weighted by Gasteiger charge is -2.39. The van der Waals surface area contributed by atoms with Crippen molar-refractivity contribution in [2.24, 2.45) is 11.3 Å². The standard InChI is InChI=1S/C31H40N2O2/c1-18(2)27-25-26(24-22(33-27)15-29(4,5)16-23(24)34)31(14-8-9-19(31)3)35-28(25)20-10-12-21(13-11-20)30(6,7)17-32/h10-13,18-19,23,28,34H,8-9,14-16H2,1-7H3. The number of nitriles is 1. The van der Waals surface area contributed by atoms with Gasteiger partial charge in [-0.15, -0.1) is 0 Å². The third kappa shape index (κ3) is 3.74. The largest absolute Gasteiger partial charge is 0.388 e. The molecular weight excluding hydrogens is 432 g/mol. The van der Waals surface area contributed by atoms with Crippen LogP contribution in [-0.4, -0.2) is 10.1 Å². The Labute approximate surface area is 210 Å². The topological polar surface area (TPSA) is 66.1 Å². The normalized spacial score (nSPS) is 29.3. The van der Waals surface area contributed by atoms with Crippen molar-refractivity contribution in [1.29, 1.82) is 5.26 Å². The van der Waals surface area contributed by atoms with Crippen molar-refractivity contribution < 1.29 is 9.84 Å². The Hall–Kier alpha value is -2.22. The molecular formula is C31H40N2O2.